The predicted molar refractivity (Wildman–Crippen MR) is 43.5 cm³/mol. The van der Waals surface area contributed by atoms with E-state index < -0.39 is 0 Å². The molecule has 50 valence electrons. The van der Waals surface area contributed by atoms with Gasteiger partial charge >= 0.3 is 0 Å². The first-order valence-corrected chi connectivity index (χ1v) is 3.74. The second kappa shape index (κ2) is 2.15. The molecule has 5 heteroatoms. The van der Waals surface area contributed by atoms with E-state index in [1.54, 1.807) is 23.3 Å². The molecule has 2 aromatic heterocycles. The number of aromatic nitrogens is 4. The maximum atomic E-state index is 3.96. The zero-order valence-corrected chi connectivity index (χ0v) is 7.06. The minimum absolute atomic E-state index is 0.857. The van der Waals surface area contributed by atoms with Crippen LogP contribution in [0, 0.1) is 3.57 Å². The van der Waals surface area contributed by atoms with Crippen LogP contribution in [0.4, 0.5) is 0 Å². The molecule has 0 saturated heterocycles. The summed E-state index contributed by atoms with van der Waals surface area (Å²) in [5.41, 5.74) is 0.857. The van der Waals surface area contributed by atoms with Crippen molar-refractivity contribution in [3.05, 3.63) is 22.4 Å². The zero-order valence-electron chi connectivity index (χ0n) is 4.90. The lowest BCUT2D eigenvalue weighted by Crippen LogP contribution is -1.87. The summed E-state index contributed by atoms with van der Waals surface area (Å²) in [5, 5.41) is 7.61. The van der Waals surface area contributed by atoms with Gasteiger partial charge in [-0.2, -0.15) is 0 Å². The van der Waals surface area contributed by atoms with Crippen LogP contribution in [-0.4, -0.2) is 19.6 Å². The monoisotopic (exact) mass is 246 g/mol. The van der Waals surface area contributed by atoms with Crippen LogP contribution in [0.2, 0.25) is 0 Å². The average Bonchev–Trinajstić information content (AvgIpc) is 2.36. The Morgan fingerprint density at radius 2 is 2.30 bits per heavy atom. The number of fused-ring (bicyclic) bond motifs is 1. The van der Waals surface area contributed by atoms with Gasteiger partial charge in [-0.15, -0.1) is 10.2 Å². The zero-order chi connectivity index (χ0) is 6.97. The molecule has 0 radical (unpaired) electrons. The third-order valence-corrected chi connectivity index (χ3v) is 1.93. The summed E-state index contributed by atoms with van der Waals surface area (Å²) in [6.45, 7) is 0. The number of nitrogens with zero attached hydrogens (tertiary/aromatic N) is 4. The maximum Gasteiger partial charge on any atom is 0.176 e. The van der Waals surface area contributed by atoms with Crippen LogP contribution in [0.3, 0.4) is 0 Å². The van der Waals surface area contributed by atoms with Crippen LogP contribution in [0.25, 0.3) is 5.65 Å². The lowest BCUT2D eigenvalue weighted by molar-refractivity contribution is 1.06. The standard InChI is InChI=1S/C5H3IN4/c6-4-1-7-2-10-3-8-9-5(4)10/h1-3H. The van der Waals surface area contributed by atoms with E-state index in [9.17, 15) is 0 Å². The Morgan fingerprint density at radius 1 is 1.40 bits per heavy atom. The van der Waals surface area contributed by atoms with Gasteiger partial charge in [-0.25, -0.2) is 4.98 Å². The van der Waals surface area contributed by atoms with Crippen molar-refractivity contribution >= 4 is 28.2 Å². The molecular formula is C5H3IN4. The van der Waals surface area contributed by atoms with Crippen molar-refractivity contribution in [2.75, 3.05) is 0 Å². The predicted octanol–water partition coefficient (Wildman–Crippen LogP) is 0.729. The van der Waals surface area contributed by atoms with Crippen molar-refractivity contribution in [3.8, 4) is 0 Å². The fourth-order valence-corrected chi connectivity index (χ4v) is 1.27. The highest BCUT2D eigenvalue weighted by Gasteiger charge is 1.97. The summed E-state index contributed by atoms with van der Waals surface area (Å²) in [6.07, 6.45) is 5.06. The molecule has 2 rings (SSSR count). The Morgan fingerprint density at radius 3 is 3.10 bits per heavy atom. The van der Waals surface area contributed by atoms with Gasteiger partial charge < -0.3 is 0 Å². The molecule has 0 aliphatic rings. The molecular weight excluding hydrogens is 243 g/mol. The van der Waals surface area contributed by atoms with Crippen LogP contribution < -0.4 is 0 Å². The second-order valence-electron chi connectivity index (χ2n) is 1.80. The lowest BCUT2D eigenvalue weighted by atomic mass is 10.6. The van der Waals surface area contributed by atoms with Crippen LogP contribution in [0.15, 0.2) is 18.9 Å². The normalized spacial score (nSPS) is 10.5. The van der Waals surface area contributed by atoms with Gasteiger partial charge in [0.2, 0.25) is 0 Å². The molecule has 0 fully saturated rings. The van der Waals surface area contributed by atoms with E-state index in [1.165, 1.54) is 0 Å². The van der Waals surface area contributed by atoms with Crippen LogP contribution in [0.5, 0.6) is 0 Å². The van der Waals surface area contributed by atoms with E-state index in [-0.39, 0.29) is 0 Å². The molecule has 0 unspecified atom stereocenters. The summed E-state index contributed by atoms with van der Waals surface area (Å²) < 4.78 is 2.79. The maximum absolute atomic E-state index is 3.96. The summed E-state index contributed by atoms with van der Waals surface area (Å²) in [5.74, 6) is 0. The van der Waals surface area contributed by atoms with Gasteiger partial charge in [0.1, 0.15) is 12.7 Å². The van der Waals surface area contributed by atoms with Crippen molar-refractivity contribution in [1.82, 2.24) is 19.6 Å². The Balaban J connectivity index is 2.95. The van der Waals surface area contributed by atoms with E-state index in [1.807, 2.05) is 0 Å². The molecule has 2 heterocycles. The molecule has 0 spiro atoms. The lowest BCUT2D eigenvalue weighted by Gasteiger charge is -1.89. The minimum Gasteiger partial charge on any atom is -0.271 e. The summed E-state index contributed by atoms with van der Waals surface area (Å²) >= 11 is 2.17. The Hall–Kier alpha value is -0.720. The Bertz CT molecular complexity index is 355. The molecule has 0 aliphatic carbocycles. The van der Waals surface area contributed by atoms with Gasteiger partial charge in [-0.05, 0) is 22.6 Å². The molecule has 0 bridgehead atoms. The average molecular weight is 246 g/mol. The number of rotatable bonds is 0. The quantitative estimate of drug-likeness (QED) is 0.643. The first kappa shape index (κ1) is 6.02. The number of hydrogen-bond acceptors (Lipinski definition) is 3. The molecule has 0 aliphatic heterocycles. The van der Waals surface area contributed by atoms with Crippen molar-refractivity contribution in [3.63, 3.8) is 0 Å². The summed E-state index contributed by atoms with van der Waals surface area (Å²) in [6, 6.07) is 0. The molecule has 2 aromatic rings. The molecule has 0 aromatic carbocycles. The second-order valence-corrected chi connectivity index (χ2v) is 2.97. The Labute approximate surface area is 70.4 Å². The van der Waals surface area contributed by atoms with Gasteiger partial charge in [0, 0.05) is 6.20 Å². The van der Waals surface area contributed by atoms with Crippen molar-refractivity contribution in [1.29, 1.82) is 0 Å². The van der Waals surface area contributed by atoms with Crippen LogP contribution in [0.1, 0.15) is 0 Å². The Kier molecular flexibility index (Phi) is 1.30. The molecule has 0 amide bonds. The molecule has 10 heavy (non-hydrogen) atoms. The highest BCUT2D eigenvalue weighted by atomic mass is 127. The summed E-state index contributed by atoms with van der Waals surface area (Å²) in [4.78, 5) is 3.96. The van der Waals surface area contributed by atoms with Gasteiger partial charge in [0.15, 0.2) is 5.65 Å². The van der Waals surface area contributed by atoms with E-state index in [4.69, 9.17) is 0 Å². The van der Waals surface area contributed by atoms with Gasteiger partial charge in [-0.3, -0.25) is 4.40 Å². The molecule has 0 atom stereocenters. The number of hydrogen-bond donors (Lipinski definition) is 0. The molecule has 4 nitrogen and oxygen atoms in total. The van der Waals surface area contributed by atoms with Gasteiger partial charge in [-0.1, -0.05) is 0 Å². The summed E-state index contributed by atoms with van der Waals surface area (Å²) in [7, 11) is 0. The minimum atomic E-state index is 0.857. The van der Waals surface area contributed by atoms with Crippen molar-refractivity contribution in [2.24, 2.45) is 0 Å². The third kappa shape index (κ3) is 0.772. The van der Waals surface area contributed by atoms with E-state index in [2.05, 4.69) is 37.8 Å². The fourth-order valence-electron chi connectivity index (χ4n) is 0.726. The first-order chi connectivity index (χ1) is 4.88. The first-order valence-electron chi connectivity index (χ1n) is 2.67. The SMILES string of the molecule is Ic1cncn2cnnc12. The topological polar surface area (TPSA) is 43.1 Å². The van der Waals surface area contributed by atoms with Crippen molar-refractivity contribution in [2.45, 2.75) is 0 Å². The number of halogens is 1. The van der Waals surface area contributed by atoms with Gasteiger partial charge in [0.05, 0.1) is 3.57 Å². The highest BCUT2D eigenvalue weighted by molar-refractivity contribution is 14.1. The smallest absolute Gasteiger partial charge is 0.176 e. The van der Waals surface area contributed by atoms with Gasteiger partial charge in [0.25, 0.3) is 0 Å². The van der Waals surface area contributed by atoms with Crippen LogP contribution in [-0.2, 0) is 0 Å². The van der Waals surface area contributed by atoms with E-state index in [0.29, 0.717) is 0 Å². The largest absolute Gasteiger partial charge is 0.271 e. The third-order valence-electron chi connectivity index (χ3n) is 1.17. The van der Waals surface area contributed by atoms with E-state index >= 15 is 0 Å². The molecule has 0 saturated carbocycles. The highest BCUT2D eigenvalue weighted by Crippen LogP contribution is 2.06. The van der Waals surface area contributed by atoms with E-state index in [0.717, 1.165) is 9.22 Å². The van der Waals surface area contributed by atoms with Crippen molar-refractivity contribution < 1.29 is 0 Å². The van der Waals surface area contributed by atoms with Crippen LogP contribution >= 0.6 is 22.6 Å². The fraction of sp³-hybridized carbons (Fsp3) is 0. The molecule has 0 N–H and O–H groups in total.